The first-order valence-electron chi connectivity index (χ1n) is 10.0. The molecular formula is C22H25N3O5. The van der Waals surface area contributed by atoms with Crippen LogP contribution in [0, 0.1) is 0 Å². The number of hydrogen-bond donors (Lipinski definition) is 1. The molecule has 1 spiro atoms. The van der Waals surface area contributed by atoms with Crippen molar-refractivity contribution in [2.45, 2.75) is 31.6 Å². The van der Waals surface area contributed by atoms with Gasteiger partial charge >= 0.3 is 5.97 Å². The molecule has 0 saturated carbocycles. The Morgan fingerprint density at radius 1 is 1.27 bits per heavy atom. The lowest BCUT2D eigenvalue weighted by atomic mass is 9.64. The number of ether oxygens (including phenoxy) is 2. The number of esters is 1. The molecule has 3 aliphatic rings. The van der Waals surface area contributed by atoms with Gasteiger partial charge in [0.15, 0.2) is 5.78 Å². The molecule has 8 nitrogen and oxygen atoms in total. The van der Waals surface area contributed by atoms with E-state index >= 15 is 0 Å². The number of allylic oxidation sites excluding steroid dienone is 1. The molecule has 1 aromatic carbocycles. The van der Waals surface area contributed by atoms with Crippen molar-refractivity contribution < 1.29 is 23.9 Å². The Morgan fingerprint density at radius 3 is 2.70 bits per heavy atom. The Labute approximate surface area is 174 Å². The van der Waals surface area contributed by atoms with Gasteiger partial charge in [0, 0.05) is 18.4 Å². The molecule has 2 aliphatic heterocycles. The number of rotatable bonds is 4. The average Bonchev–Trinajstić information content (AvgIpc) is 2.91. The van der Waals surface area contributed by atoms with Crippen LogP contribution in [-0.2, 0) is 29.3 Å². The summed E-state index contributed by atoms with van der Waals surface area (Å²) in [6, 6.07) is 7.19. The van der Waals surface area contributed by atoms with E-state index in [1.807, 2.05) is 31.1 Å². The normalized spacial score (nSPS) is 23.1. The summed E-state index contributed by atoms with van der Waals surface area (Å²) >= 11 is 0. The largest absolute Gasteiger partial charge is 0.462 e. The van der Waals surface area contributed by atoms with E-state index in [0.717, 1.165) is 0 Å². The highest BCUT2D eigenvalue weighted by Gasteiger charge is 2.63. The third-order valence-corrected chi connectivity index (χ3v) is 5.66. The number of amides is 1. The average molecular weight is 411 g/mol. The molecule has 0 aromatic heterocycles. The zero-order valence-electron chi connectivity index (χ0n) is 17.4. The fraction of sp³-hybridized carbons (Fsp3) is 0.409. The Balaban J connectivity index is 2.06. The minimum Gasteiger partial charge on any atom is -0.462 e. The van der Waals surface area contributed by atoms with E-state index in [0.29, 0.717) is 29.9 Å². The lowest BCUT2D eigenvalue weighted by Crippen LogP contribution is -2.52. The molecule has 1 aromatic rings. The molecule has 2 N–H and O–H groups in total. The third-order valence-electron chi connectivity index (χ3n) is 5.66. The van der Waals surface area contributed by atoms with Gasteiger partial charge < -0.3 is 15.2 Å². The van der Waals surface area contributed by atoms with Crippen molar-refractivity contribution >= 4 is 23.3 Å². The van der Waals surface area contributed by atoms with Gasteiger partial charge in [0.1, 0.15) is 16.7 Å². The maximum atomic E-state index is 14.1. The number of nitrogens with zero attached hydrogens (tertiary/aromatic N) is 2. The Morgan fingerprint density at radius 2 is 2.00 bits per heavy atom. The second-order valence-corrected chi connectivity index (χ2v) is 7.86. The smallest absolute Gasteiger partial charge is 0.341 e. The van der Waals surface area contributed by atoms with E-state index in [-0.39, 0.29) is 42.5 Å². The first-order chi connectivity index (χ1) is 14.3. The van der Waals surface area contributed by atoms with Gasteiger partial charge in [-0.15, -0.1) is 0 Å². The number of ketones is 1. The first-order valence-corrected chi connectivity index (χ1v) is 10.0. The Kier molecular flexibility index (Phi) is 4.89. The Hall–Kier alpha value is -3.13. The SMILES string of the molecule is CCOC(=O)C1=C(N)OC2=C(C(=O)CCC2)[C@@]12C(=O)N(CN(C)C)c1ccccc12. The number of hydrogen-bond acceptors (Lipinski definition) is 7. The second kappa shape index (κ2) is 7.28. The van der Waals surface area contributed by atoms with Crippen LogP contribution in [0.1, 0.15) is 31.7 Å². The van der Waals surface area contributed by atoms with Crippen molar-refractivity contribution in [1.29, 1.82) is 0 Å². The molecule has 0 saturated heterocycles. The molecule has 30 heavy (non-hydrogen) atoms. The predicted molar refractivity (Wildman–Crippen MR) is 109 cm³/mol. The van der Waals surface area contributed by atoms with Gasteiger partial charge in [-0.3, -0.25) is 19.4 Å². The van der Waals surface area contributed by atoms with Crippen LogP contribution in [0.3, 0.4) is 0 Å². The van der Waals surface area contributed by atoms with Gasteiger partial charge in [-0.2, -0.15) is 0 Å². The maximum Gasteiger partial charge on any atom is 0.341 e. The van der Waals surface area contributed by atoms with Gasteiger partial charge in [-0.1, -0.05) is 18.2 Å². The second-order valence-electron chi connectivity index (χ2n) is 7.86. The quantitative estimate of drug-likeness (QED) is 0.750. The zero-order chi connectivity index (χ0) is 21.6. The van der Waals surface area contributed by atoms with E-state index in [4.69, 9.17) is 15.2 Å². The van der Waals surface area contributed by atoms with Crippen molar-refractivity contribution in [1.82, 2.24) is 4.90 Å². The van der Waals surface area contributed by atoms with Gasteiger partial charge in [0.25, 0.3) is 0 Å². The van der Waals surface area contributed by atoms with E-state index in [1.165, 1.54) is 0 Å². The lowest BCUT2D eigenvalue weighted by Gasteiger charge is -2.39. The monoisotopic (exact) mass is 411 g/mol. The van der Waals surface area contributed by atoms with Gasteiger partial charge in [0.2, 0.25) is 11.8 Å². The van der Waals surface area contributed by atoms with Crippen LogP contribution in [0.2, 0.25) is 0 Å². The third kappa shape index (κ3) is 2.67. The number of nitrogens with two attached hydrogens (primary N) is 1. The fourth-order valence-corrected chi connectivity index (χ4v) is 4.65. The van der Waals surface area contributed by atoms with Crippen molar-refractivity contribution in [2.24, 2.45) is 5.73 Å². The molecule has 8 heteroatoms. The molecule has 158 valence electrons. The minimum absolute atomic E-state index is 0.1000. The molecule has 0 radical (unpaired) electrons. The predicted octanol–water partition coefficient (Wildman–Crippen LogP) is 1.56. The number of carbonyl (C=O) groups is 3. The highest BCUT2D eigenvalue weighted by molar-refractivity contribution is 6.23. The number of para-hydroxylation sites is 1. The molecule has 4 rings (SSSR count). The lowest BCUT2D eigenvalue weighted by molar-refractivity contribution is -0.141. The Bertz CT molecular complexity index is 1010. The highest BCUT2D eigenvalue weighted by atomic mass is 16.5. The van der Waals surface area contributed by atoms with E-state index in [1.54, 1.807) is 24.0 Å². The summed E-state index contributed by atoms with van der Waals surface area (Å²) in [6.45, 7) is 2.05. The van der Waals surface area contributed by atoms with Crippen molar-refractivity contribution in [3.8, 4) is 0 Å². The molecule has 1 aliphatic carbocycles. The van der Waals surface area contributed by atoms with Crippen molar-refractivity contribution in [2.75, 3.05) is 32.3 Å². The highest BCUT2D eigenvalue weighted by Crippen LogP contribution is 2.56. The number of anilines is 1. The van der Waals surface area contributed by atoms with Crippen LogP contribution in [0.5, 0.6) is 0 Å². The molecule has 2 heterocycles. The summed E-state index contributed by atoms with van der Waals surface area (Å²) in [5, 5.41) is 0. The van der Waals surface area contributed by atoms with E-state index in [2.05, 4.69) is 0 Å². The first kappa shape index (κ1) is 20.2. The fourth-order valence-electron chi connectivity index (χ4n) is 4.65. The van der Waals surface area contributed by atoms with E-state index < -0.39 is 17.3 Å². The molecule has 0 fully saturated rings. The maximum absolute atomic E-state index is 14.1. The summed E-state index contributed by atoms with van der Waals surface area (Å²) in [7, 11) is 3.69. The molecule has 0 bridgehead atoms. The minimum atomic E-state index is -1.66. The number of carbonyl (C=O) groups excluding carboxylic acids is 3. The zero-order valence-corrected chi connectivity index (χ0v) is 17.4. The number of benzene rings is 1. The van der Waals surface area contributed by atoms with Crippen LogP contribution in [0.25, 0.3) is 0 Å². The van der Waals surface area contributed by atoms with Crippen LogP contribution in [0.15, 0.2) is 47.1 Å². The summed E-state index contributed by atoms with van der Waals surface area (Å²) in [5.74, 6) is -1.17. The summed E-state index contributed by atoms with van der Waals surface area (Å²) in [5.41, 5.74) is 5.84. The molecule has 1 atom stereocenters. The van der Waals surface area contributed by atoms with Crippen LogP contribution in [-0.4, -0.2) is 49.9 Å². The topological polar surface area (TPSA) is 102 Å². The van der Waals surface area contributed by atoms with E-state index in [9.17, 15) is 14.4 Å². The van der Waals surface area contributed by atoms with Gasteiger partial charge in [-0.25, -0.2) is 4.79 Å². The standard InChI is InChI=1S/C22H25N3O5/c1-4-29-20(27)18-19(23)30-16-11-7-10-15(26)17(16)22(18)13-8-5-6-9-14(13)25(21(22)28)12-24(2)3/h5-6,8-9H,4,7,10-12,23H2,1-3H3/t22-/m1/s1. The summed E-state index contributed by atoms with van der Waals surface area (Å²) in [6.07, 6.45) is 1.36. The summed E-state index contributed by atoms with van der Waals surface area (Å²) < 4.78 is 11.0. The van der Waals surface area contributed by atoms with Crippen LogP contribution < -0.4 is 10.6 Å². The van der Waals surface area contributed by atoms with Gasteiger partial charge in [-0.05, 0) is 33.5 Å². The van der Waals surface area contributed by atoms with Crippen molar-refractivity contribution in [3.63, 3.8) is 0 Å². The number of fused-ring (bicyclic) bond motifs is 3. The summed E-state index contributed by atoms with van der Waals surface area (Å²) in [4.78, 5) is 43.8. The van der Waals surface area contributed by atoms with Crippen LogP contribution >= 0.6 is 0 Å². The van der Waals surface area contributed by atoms with Crippen molar-refractivity contribution in [3.05, 3.63) is 52.6 Å². The molecule has 0 unspecified atom stereocenters. The molecule has 1 amide bonds. The van der Waals surface area contributed by atoms with Crippen LogP contribution in [0.4, 0.5) is 5.69 Å². The van der Waals surface area contributed by atoms with Gasteiger partial charge in [0.05, 0.1) is 24.5 Å². The molecular weight excluding hydrogens is 386 g/mol. The number of Topliss-reactive ketones (excluding diaryl/α,β-unsaturated/α-hetero) is 1.